The first-order chi connectivity index (χ1) is 10.3. The molecule has 1 aliphatic heterocycles. The van der Waals surface area contributed by atoms with E-state index in [1.807, 2.05) is 28.8 Å². The van der Waals surface area contributed by atoms with Gasteiger partial charge < -0.3 is 4.90 Å². The van der Waals surface area contributed by atoms with Gasteiger partial charge in [-0.1, -0.05) is 24.3 Å². The van der Waals surface area contributed by atoms with Gasteiger partial charge in [-0.15, -0.1) is 18.3 Å². The first-order valence-corrected chi connectivity index (χ1v) is 8.87. The van der Waals surface area contributed by atoms with Gasteiger partial charge >= 0.3 is 0 Å². The van der Waals surface area contributed by atoms with Crippen LogP contribution in [0.5, 0.6) is 0 Å². The average Bonchev–Trinajstić information content (AvgIpc) is 3.05. The van der Waals surface area contributed by atoms with Gasteiger partial charge in [0.2, 0.25) is 5.91 Å². The van der Waals surface area contributed by atoms with E-state index in [1.54, 1.807) is 0 Å². The lowest BCUT2D eigenvalue weighted by Gasteiger charge is -2.22. The van der Waals surface area contributed by atoms with Crippen LogP contribution in [0.15, 0.2) is 47.9 Å². The fourth-order valence-corrected chi connectivity index (χ4v) is 3.67. The van der Waals surface area contributed by atoms with E-state index in [0.717, 1.165) is 50.9 Å². The smallest absolute Gasteiger partial charge is 0.225 e. The van der Waals surface area contributed by atoms with Crippen LogP contribution < -0.4 is 0 Å². The molecule has 1 aliphatic rings. The van der Waals surface area contributed by atoms with E-state index in [-0.39, 0.29) is 5.92 Å². The standard InChI is InChI=1S/C18H25NOS/c1-2-9-16(18(20)19-13-6-7-14-19)10-8-15-21-17-11-4-3-5-12-17/h2-5,11-12,16H,1,6-10,13-15H2. The number of allylic oxidation sites excluding steroid dienone is 1. The van der Waals surface area contributed by atoms with Crippen LogP contribution in [0.3, 0.4) is 0 Å². The van der Waals surface area contributed by atoms with Gasteiger partial charge in [-0.25, -0.2) is 0 Å². The van der Waals surface area contributed by atoms with Gasteiger partial charge in [0.15, 0.2) is 0 Å². The van der Waals surface area contributed by atoms with Crippen molar-refractivity contribution in [3.8, 4) is 0 Å². The molecule has 1 fully saturated rings. The van der Waals surface area contributed by atoms with Crippen molar-refractivity contribution >= 4 is 17.7 Å². The molecule has 1 amide bonds. The second-order valence-electron chi connectivity index (χ2n) is 5.56. The fraction of sp³-hybridized carbons (Fsp3) is 0.500. The molecule has 0 aliphatic carbocycles. The molecule has 3 heteroatoms. The summed E-state index contributed by atoms with van der Waals surface area (Å²) in [5.74, 6) is 1.55. The molecular weight excluding hydrogens is 278 g/mol. The number of likely N-dealkylation sites (tertiary alicyclic amines) is 1. The minimum atomic E-state index is 0.136. The summed E-state index contributed by atoms with van der Waals surface area (Å²) >= 11 is 1.87. The van der Waals surface area contributed by atoms with Crippen molar-refractivity contribution in [2.45, 2.75) is 37.0 Å². The molecule has 1 saturated heterocycles. The molecule has 0 N–H and O–H groups in total. The minimum Gasteiger partial charge on any atom is -0.342 e. The van der Waals surface area contributed by atoms with Crippen LogP contribution in [-0.2, 0) is 4.79 Å². The molecule has 1 aromatic rings. The van der Waals surface area contributed by atoms with Gasteiger partial charge in [-0.05, 0) is 50.0 Å². The van der Waals surface area contributed by atoms with Crippen LogP contribution in [-0.4, -0.2) is 29.6 Å². The van der Waals surface area contributed by atoms with Crippen molar-refractivity contribution in [1.82, 2.24) is 4.90 Å². The van der Waals surface area contributed by atoms with Crippen LogP contribution in [0.4, 0.5) is 0 Å². The highest BCUT2D eigenvalue weighted by Crippen LogP contribution is 2.23. The van der Waals surface area contributed by atoms with Crippen molar-refractivity contribution in [2.75, 3.05) is 18.8 Å². The zero-order valence-corrected chi connectivity index (χ0v) is 13.5. The summed E-state index contributed by atoms with van der Waals surface area (Å²) in [6.45, 7) is 5.71. The molecule has 1 atom stereocenters. The van der Waals surface area contributed by atoms with E-state index in [1.165, 1.54) is 4.90 Å². The van der Waals surface area contributed by atoms with Crippen LogP contribution in [0, 0.1) is 5.92 Å². The highest BCUT2D eigenvalue weighted by atomic mass is 32.2. The third-order valence-electron chi connectivity index (χ3n) is 3.93. The Balaban J connectivity index is 1.74. The maximum atomic E-state index is 12.5. The quantitative estimate of drug-likeness (QED) is 0.404. The summed E-state index contributed by atoms with van der Waals surface area (Å²) < 4.78 is 0. The number of thioether (sulfide) groups is 1. The number of carbonyl (C=O) groups excluding carboxylic acids is 1. The summed E-state index contributed by atoms with van der Waals surface area (Å²) in [7, 11) is 0. The molecule has 2 rings (SSSR count). The topological polar surface area (TPSA) is 20.3 Å². The van der Waals surface area contributed by atoms with Crippen molar-refractivity contribution in [3.05, 3.63) is 43.0 Å². The molecule has 0 saturated carbocycles. The van der Waals surface area contributed by atoms with Gasteiger partial charge in [-0.3, -0.25) is 4.79 Å². The summed E-state index contributed by atoms with van der Waals surface area (Å²) in [5, 5.41) is 0. The van der Waals surface area contributed by atoms with Crippen molar-refractivity contribution < 1.29 is 4.79 Å². The van der Waals surface area contributed by atoms with Crippen molar-refractivity contribution in [3.63, 3.8) is 0 Å². The number of rotatable bonds is 8. The molecule has 0 bridgehead atoms. The Morgan fingerprint density at radius 2 is 2.00 bits per heavy atom. The first kappa shape index (κ1) is 16.2. The molecule has 0 aromatic heterocycles. The maximum absolute atomic E-state index is 12.5. The van der Waals surface area contributed by atoms with Gasteiger partial charge in [0, 0.05) is 23.9 Å². The number of carbonyl (C=O) groups is 1. The van der Waals surface area contributed by atoms with Crippen LogP contribution >= 0.6 is 11.8 Å². The van der Waals surface area contributed by atoms with Crippen LogP contribution in [0.1, 0.15) is 32.1 Å². The van der Waals surface area contributed by atoms with Gasteiger partial charge in [0.25, 0.3) is 0 Å². The lowest BCUT2D eigenvalue weighted by molar-refractivity contribution is -0.134. The molecule has 2 nitrogen and oxygen atoms in total. The predicted octanol–water partition coefficient (Wildman–Crippen LogP) is 4.37. The number of amides is 1. The second kappa shape index (κ2) is 8.93. The van der Waals surface area contributed by atoms with Crippen LogP contribution in [0.2, 0.25) is 0 Å². The largest absolute Gasteiger partial charge is 0.342 e. The number of nitrogens with zero attached hydrogens (tertiary/aromatic N) is 1. The van der Waals surface area contributed by atoms with Gasteiger partial charge in [-0.2, -0.15) is 0 Å². The molecule has 1 heterocycles. The summed E-state index contributed by atoms with van der Waals surface area (Å²) in [6, 6.07) is 10.5. The Morgan fingerprint density at radius 1 is 1.29 bits per heavy atom. The Kier molecular flexibility index (Phi) is 6.87. The zero-order valence-electron chi connectivity index (χ0n) is 12.7. The molecule has 1 aromatic carbocycles. The maximum Gasteiger partial charge on any atom is 0.225 e. The lowest BCUT2D eigenvalue weighted by Crippen LogP contribution is -2.33. The molecule has 114 valence electrons. The monoisotopic (exact) mass is 303 g/mol. The minimum absolute atomic E-state index is 0.136. The summed E-state index contributed by atoms with van der Waals surface area (Å²) in [6.07, 6.45) is 7.08. The Morgan fingerprint density at radius 3 is 2.67 bits per heavy atom. The third kappa shape index (κ3) is 5.24. The van der Waals surface area contributed by atoms with E-state index >= 15 is 0 Å². The van der Waals surface area contributed by atoms with Gasteiger partial charge in [0.05, 0.1) is 0 Å². The normalized spacial score (nSPS) is 15.9. The predicted molar refractivity (Wildman–Crippen MR) is 90.5 cm³/mol. The summed E-state index contributed by atoms with van der Waals surface area (Å²) in [4.78, 5) is 15.8. The molecule has 0 spiro atoms. The average molecular weight is 303 g/mol. The van der Waals surface area contributed by atoms with Crippen molar-refractivity contribution in [2.24, 2.45) is 5.92 Å². The molecule has 1 unspecified atom stereocenters. The Bertz CT molecular complexity index is 440. The lowest BCUT2D eigenvalue weighted by atomic mass is 9.98. The molecule has 0 radical (unpaired) electrons. The number of hydrogen-bond donors (Lipinski definition) is 0. The van der Waals surface area contributed by atoms with E-state index in [2.05, 4.69) is 30.8 Å². The number of hydrogen-bond acceptors (Lipinski definition) is 2. The zero-order chi connectivity index (χ0) is 14.9. The second-order valence-corrected chi connectivity index (χ2v) is 6.73. The SMILES string of the molecule is C=CCC(CCCSc1ccccc1)C(=O)N1CCCC1. The molecular formula is C18H25NOS. The highest BCUT2D eigenvalue weighted by Gasteiger charge is 2.24. The highest BCUT2D eigenvalue weighted by molar-refractivity contribution is 7.99. The first-order valence-electron chi connectivity index (χ1n) is 7.89. The van der Waals surface area contributed by atoms with Gasteiger partial charge in [0.1, 0.15) is 0 Å². The summed E-state index contributed by atoms with van der Waals surface area (Å²) in [5.41, 5.74) is 0. The van der Waals surface area contributed by atoms with E-state index < -0.39 is 0 Å². The van der Waals surface area contributed by atoms with Crippen LogP contribution in [0.25, 0.3) is 0 Å². The Hall–Kier alpha value is -1.22. The van der Waals surface area contributed by atoms with E-state index in [0.29, 0.717) is 5.91 Å². The fourth-order valence-electron chi connectivity index (χ4n) is 2.78. The Labute approximate surface area is 132 Å². The molecule has 21 heavy (non-hydrogen) atoms. The van der Waals surface area contributed by atoms with Crippen molar-refractivity contribution in [1.29, 1.82) is 0 Å². The third-order valence-corrected chi connectivity index (χ3v) is 5.03. The van der Waals surface area contributed by atoms with E-state index in [9.17, 15) is 4.79 Å². The number of benzene rings is 1. The van der Waals surface area contributed by atoms with E-state index in [4.69, 9.17) is 0 Å².